The molecule has 3 rings (SSSR count). The Labute approximate surface area is 128 Å². The fourth-order valence-electron chi connectivity index (χ4n) is 2.41. The number of H-pyrrole nitrogens is 1. The third kappa shape index (κ3) is 3.17. The molecule has 0 saturated carbocycles. The normalized spacial score (nSPS) is 21.8. The van der Waals surface area contributed by atoms with E-state index in [0.717, 1.165) is 0 Å². The molecule has 5 N–H and O–H groups in total. The van der Waals surface area contributed by atoms with E-state index in [1.54, 1.807) is 0 Å². The van der Waals surface area contributed by atoms with Crippen molar-refractivity contribution in [2.75, 3.05) is 12.1 Å². The van der Waals surface area contributed by atoms with Crippen molar-refractivity contribution in [3.8, 4) is 0 Å². The van der Waals surface area contributed by atoms with Gasteiger partial charge in [-0.2, -0.15) is 4.98 Å². The van der Waals surface area contributed by atoms with Gasteiger partial charge in [-0.25, -0.2) is 9.37 Å². The summed E-state index contributed by atoms with van der Waals surface area (Å²) in [6.45, 7) is 0. The highest BCUT2D eigenvalue weighted by atomic mass is 31.2. The van der Waals surface area contributed by atoms with Gasteiger partial charge in [-0.1, -0.05) is 0 Å². The van der Waals surface area contributed by atoms with Crippen LogP contribution in [0.15, 0.2) is 23.0 Å². The molecule has 0 aliphatic heterocycles. The van der Waals surface area contributed by atoms with Crippen molar-refractivity contribution in [2.45, 2.75) is 18.6 Å². The van der Waals surface area contributed by atoms with E-state index in [0.29, 0.717) is 0 Å². The SMILES string of the molecule is Nc1nc2c(ncn2C2C=C(F)[C@@H](OCP(=O)(O)O)C2)c(=O)[nH]1. The second-order valence-corrected chi connectivity index (χ2v) is 6.67. The van der Waals surface area contributed by atoms with Crippen LogP contribution in [0.3, 0.4) is 0 Å². The number of nitrogens with one attached hydrogen (secondary N) is 1. The van der Waals surface area contributed by atoms with Crippen molar-refractivity contribution in [3.63, 3.8) is 0 Å². The third-order valence-corrected chi connectivity index (χ3v) is 3.85. The van der Waals surface area contributed by atoms with Gasteiger partial charge in [0.05, 0.1) is 12.4 Å². The number of hydrogen-bond acceptors (Lipinski definition) is 6. The Kier molecular flexibility index (Phi) is 3.80. The number of fused-ring (bicyclic) bond motifs is 1. The van der Waals surface area contributed by atoms with Crippen molar-refractivity contribution in [3.05, 3.63) is 28.6 Å². The molecule has 2 heterocycles. The predicted octanol–water partition coefficient (Wildman–Crippen LogP) is 0.0204. The Morgan fingerprint density at radius 3 is 3.00 bits per heavy atom. The van der Waals surface area contributed by atoms with Gasteiger partial charge in [0.25, 0.3) is 5.56 Å². The molecule has 0 fully saturated rings. The van der Waals surface area contributed by atoms with Crippen LogP contribution in [0.4, 0.5) is 10.3 Å². The molecule has 2 aromatic rings. The first-order valence-electron chi connectivity index (χ1n) is 6.50. The molecule has 0 saturated heterocycles. The molecule has 0 aromatic carbocycles. The molecular weight excluding hydrogens is 332 g/mol. The van der Waals surface area contributed by atoms with Gasteiger partial charge in [-0.3, -0.25) is 14.3 Å². The molecule has 12 heteroatoms. The van der Waals surface area contributed by atoms with Crippen LogP contribution in [0.1, 0.15) is 12.5 Å². The number of nitrogen functional groups attached to an aromatic ring is 1. The van der Waals surface area contributed by atoms with Gasteiger partial charge in [0.1, 0.15) is 18.3 Å². The van der Waals surface area contributed by atoms with Crippen LogP contribution in [0.25, 0.3) is 11.2 Å². The van der Waals surface area contributed by atoms with Gasteiger partial charge in [-0.05, 0) is 6.08 Å². The lowest BCUT2D eigenvalue weighted by molar-refractivity contribution is 0.0816. The van der Waals surface area contributed by atoms with Crippen molar-refractivity contribution >= 4 is 24.7 Å². The van der Waals surface area contributed by atoms with Crippen LogP contribution >= 0.6 is 7.60 Å². The van der Waals surface area contributed by atoms with E-state index >= 15 is 0 Å². The number of anilines is 1. The Hall–Kier alpha value is -2.07. The van der Waals surface area contributed by atoms with Gasteiger partial charge in [0.2, 0.25) is 5.95 Å². The molecule has 10 nitrogen and oxygen atoms in total. The molecule has 23 heavy (non-hydrogen) atoms. The molecule has 0 radical (unpaired) electrons. The van der Waals surface area contributed by atoms with Crippen molar-refractivity contribution in [1.29, 1.82) is 0 Å². The number of nitrogens with two attached hydrogens (primary N) is 1. The number of ether oxygens (including phenoxy) is 1. The van der Waals surface area contributed by atoms with Crippen LogP contribution in [0.2, 0.25) is 0 Å². The first-order chi connectivity index (χ1) is 10.7. The van der Waals surface area contributed by atoms with E-state index in [2.05, 4.69) is 15.0 Å². The summed E-state index contributed by atoms with van der Waals surface area (Å²) in [6.07, 6.45) is 0.688. The Balaban J connectivity index is 1.87. The smallest absolute Gasteiger partial charge is 0.351 e. The lowest BCUT2D eigenvalue weighted by Gasteiger charge is -2.15. The minimum absolute atomic E-state index is 0.0626. The maximum atomic E-state index is 13.9. The summed E-state index contributed by atoms with van der Waals surface area (Å²) in [4.78, 5) is 39.5. The largest absolute Gasteiger partial charge is 0.369 e. The third-order valence-electron chi connectivity index (χ3n) is 3.37. The van der Waals surface area contributed by atoms with E-state index < -0.39 is 37.5 Å². The Morgan fingerprint density at radius 2 is 2.30 bits per heavy atom. The van der Waals surface area contributed by atoms with Gasteiger partial charge < -0.3 is 24.8 Å². The maximum absolute atomic E-state index is 13.9. The lowest BCUT2D eigenvalue weighted by atomic mass is 10.2. The highest BCUT2D eigenvalue weighted by Gasteiger charge is 2.31. The monoisotopic (exact) mass is 345 g/mol. The fourth-order valence-corrected chi connectivity index (χ4v) is 2.78. The number of hydrogen-bond donors (Lipinski definition) is 4. The van der Waals surface area contributed by atoms with E-state index in [4.69, 9.17) is 20.3 Å². The first kappa shape index (κ1) is 15.8. The number of nitrogens with zero attached hydrogens (tertiary/aromatic N) is 3. The van der Waals surface area contributed by atoms with Crippen LogP contribution in [0, 0.1) is 0 Å². The molecular formula is C11H13FN5O5P. The maximum Gasteiger partial charge on any atom is 0.351 e. The summed E-state index contributed by atoms with van der Waals surface area (Å²) in [5, 5.41) is 0. The van der Waals surface area contributed by atoms with Crippen molar-refractivity contribution in [2.24, 2.45) is 0 Å². The summed E-state index contributed by atoms with van der Waals surface area (Å²) < 4.78 is 31.1. The molecule has 124 valence electrons. The zero-order chi connectivity index (χ0) is 16.8. The number of allylic oxidation sites excluding steroid dienone is 1. The van der Waals surface area contributed by atoms with Crippen molar-refractivity contribution in [1.82, 2.24) is 19.5 Å². The average molecular weight is 345 g/mol. The number of aromatic amines is 1. The Bertz CT molecular complexity index is 887. The van der Waals surface area contributed by atoms with E-state index in [-0.39, 0.29) is 23.5 Å². The number of halogens is 1. The summed E-state index contributed by atoms with van der Waals surface area (Å²) in [7, 11) is -4.39. The van der Waals surface area contributed by atoms with E-state index in [1.807, 2.05) is 0 Å². The predicted molar refractivity (Wildman–Crippen MR) is 77.2 cm³/mol. The molecule has 1 aliphatic carbocycles. The zero-order valence-electron chi connectivity index (χ0n) is 11.6. The minimum Gasteiger partial charge on any atom is -0.369 e. The number of aromatic nitrogens is 4. The van der Waals surface area contributed by atoms with Crippen LogP contribution < -0.4 is 11.3 Å². The second-order valence-electron chi connectivity index (χ2n) is 5.08. The number of imidazole rings is 1. The molecule has 0 amide bonds. The van der Waals surface area contributed by atoms with Crippen LogP contribution in [-0.4, -0.2) is 41.8 Å². The quantitative estimate of drug-likeness (QED) is 0.565. The lowest BCUT2D eigenvalue weighted by Crippen LogP contribution is -2.15. The van der Waals surface area contributed by atoms with E-state index in [1.165, 1.54) is 17.0 Å². The zero-order valence-corrected chi connectivity index (χ0v) is 12.5. The summed E-state index contributed by atoms with van der Waals surface area (Å²) >= 11 is 0. The van der Waals surface area contributed by atoms with Gasteiger partial charge in [0, 0.05) is 6.42 Å². The van der Waals surface area contributed by atoms with Crippen molar-refractivity contribution < 1.29 is 23.5 Å². The highest BCUT2D eigenvalue weighted by Crippen LogP contribution is 2.38. The summed E-state index contributed by atoms with van der Waals surface area (Å²) in [5.74, 6) is -0.746. The molecule has 0 bridgehead atoms. The number of rotatable bonds is 4. The molecule has 0 spiro atoms. The minimum atomic E-state index is -4.39. The molecule has 1 aliphatic rings. The van der Waals surface area contributed by atoms with E-state index in [9.17, 15) is 13.8 Å². The average Bonchev–Trinajstić information content (AvgIpc) is 2.99. The molecule has 2 aromatic heterocycles. The standard InChI is InChI=1S/C11H13FN5O5P/c12-6-1-5(2-7(6)22-4-23(19,20)21)17-3-14-8-9(17)15-11(13)16-10(8)18/h1,3,5,7H,2,4H2,(H2,19,20,21)(H3,13,15,16,18)/t5?,7-/m0/s1. The second kappa shape index (κ2) is 5.53. The van der Waals surface area contributed by atoms with Gasteiger partial charge in [-0.15, -0.1) is 0 Å². The Morgan fingerprint density at radius 1 is 1.57 bits per heavy atom. The van der Waals surface area contributed by atoms with Gasteiger partial charge in [0.15, 0.2) is 11.2 Å². The highest BCUT2D eigenvalue weighted by molar-refractivity contribution is 7.51. The summed E-state index contributed by atoms with van der Waals surface area (Å²) in [5.41, 5.74) is 5.24. The first-order valence-corrected chi connectivity index (χ1v) is 8.30. The topological polar surface area (TPSA) is 156 Å². The summed E-state index contributed by atoms with van der Waals surface area (Å²) in [6, 6.07) is -0.560. The van der Waals surface area contributed by atoms with Gasteiger partial charge >= 0.3 is 7.60 Å². The van der Waals surface area contributed by atoms with Crippen LogP contribution in [-0.2, 0) is 9.30 Å². The molecule has 1 unspecified atom stereocenters. The fraction of sp³-hybridized carbons (Fsp3) is 0.364. The molecule has 2 atom stereocenters. The van der Waals surface area contributed by atoms with Crippen LogP contribution in [0.5, 0.6) is 0 Å².